The molecule has 1 amide bonds. The highest BCUT2D eigenvalue weighted by Crippen LogP contribution is 2.14. The van der Waals surface area contributed by atoms with Crippen LogP contribution in [0, 0.1) is 0 Å². The van der Waals surface area contributed by atoms with Crippen molar-refractivity contribution in [3.8, 4) is 0 Å². The molecule has 0 bridgehead atoms. The van der Waals surface area contributed by atoms with Gasteiger partial charge in [-0.25, -0.2) is 4.79 Å². The normalized spacial score (nSPS) is 10.1. The van der Waals surface area contributed by atoms with Gasteiger partial charge >= 0.3 is 5.97 Å². The summed E-state index contributed by atoms with van der Waals surface area (Å²) in [7, 11) is 1.29. The van der Waals surface area contributed by atoms with Crippen molar-refractivity contribution in [2.24, 2.45) is 0 Å². The van der Waals surface area contributed by atoms with Crippen molar-refractivity contribution in [3.63, 3.8) is 0 Å². The molecule has 2 aromatic carbocycles. The van der Waals surface area contributed by atoms with Gasteiger partial charge in [0.1, 0.15) is 0 Å². The maximum atomic E-state index is 12.0. The van der Waals surface area contributed by atoms with Crippen LogP contribution in [-0.4, -0.2) is 24.8 Å². The largest absolute Gasteiger partial charge is 0.465 e. The van der Waals surface area contributed by atoms with Crippen LogP contribution >= 0.6 is 15.9 Å². The van der Waals surface area contributed by atoms with E-state index in [0.29, 0.717) is 16.8 Å². The van der Waals surface area contributed by atoms with E-state index in [9.17, 15) is 14.4 Å². The number of anilines is 1. The summed E-state index contributed by atoms with van der Waals surface area (Å²) in [5.74, 6) is -0.861. The number of nitrogens with one attached hydrogen (secondary N) is 1. The molecule has 2 rings (SSSR count). The van der Waals surface area contributed by atoms with Gasteiger partial charge in [-0.3, -0.25) is 9.59 Å². The van der Waals surface area contributed by atoms with Gasteiger partial charge in [0.2, 0.25) is 5.91 Å². The van der Waals surface area contributed by atoms with E-state index < -0.39 is 5.97 Å². The van der Waals surface area contributed by atoms with Crippen LogP contribution in [0.5, 0.6) is 0 Å². The fourth-order valence-corrected chi connectivity index (χ4v) is 2.34. The Morgan fingerprint density at radius 1 is 1.00 bits per heavy atom. The first-order valence-electron chi connectivity index (χ1n) is 7.26. The second kappa shape index (κ2) is 8.40. The monoisotopic (exact) mass is 389 g/mol. The van der Waals surface area contributed by atoms with E-state index in [1.54, 1.807) is 42.5 Å². The van der Waals surface area contributed by atoms with Crippen molar-refractivity contribution < 1.29 is 19.1 Å². The van der Waals surface area contributed by atoms with Gasteiger partial charge in [-0.2, -0.15) is 0 Å². The van der Waals surface area contributed by atoms with Crippen LogP contribution in [0.25, 0.3) is 0 Å². The molecule has 6 heteroatoms. The fourth-order valence-electron chi connectivity index (χ4n) is 2.07. The predicted molar refractivity (Wildman–Crippen MR) is 94.1 cm³/mol. The number of hydrogen-bond acceptors (Lipinski definition) is 4. The summed E-state index contributed by atoms with van der Waals surface area (Å²) in [4.78, 5) is 35.5. The van der Waals surface area contributed by atoms with E-state index >= 15 is 0 Å². The lowest BCUT2D eigenvalue weighted by Crippen LogP contribution is -2.14. The number of ether oxygens (including phenoxy) is 1. The minimum absolute atomic E-state index is 0.0668. The van der Waals surface area contributed by atoms with Crippen LogP contribution in [0.4, 0.5) is 5.69 Å². The van der Waals surface area contributed by atoms with Crippen LogP contribution < -0.4 is 5.32 Å². The van der Waals surface area contributed by atoms with Gasteiger partial charge in [0.05, 0.1) is 12.7 Å². The highest BCUT2D eigenvalue weighted by molar-refractivity contribution is 9.10. The average Bonchev–Trinajstić information content (AvgIpc) is 2.59. The number of esters is 1. The van der Waals surface area contributed by atoms with E-state index in [1.807, 2.05) is 0 Å². The maximum Gasteiger partial charge on any atom is 0.337 e. The van der Waals surface area contributed by atoms with Crippen LogP contribution in [0.1, 0.15) is 33.6 Å². The topological polar surface area (TPSA) is 72.5 Å². The number of hydrogen-bond donors (Lipinski definition) is 1. The van der Waals surface area contributed by atoms with E-state index in [-0.39, 0.29) is 24.5 Å². The molecule has 0 unspecified atom stereocenters. The van der Waals surface area contributed by atoms with Gasteiger partial charge in [-0.05, 0) is 30.3 Å². The molecule has 5 nitrogen and oxygen atoms in total. The molecule has 0 fully saturated rings. The number of halogens is 1. The molecular formula is C18H16BrNO4. The Hall–Kier alpha value is -2.47. The minimum atomic E-state index is -0.475. The van der Waals surface area contributed by atoms with Gasteiger partial charge in [-0.1, -0.05) is 34.1 Å². The van der Waals surface area contributed by atoms with E-state index in [4.69, 9.17) is 0 Å². The van der Waals surface area contributed by atoms with Gasteiger partial charge in [-0.15, -0.1) is 0 Å². The number of Topliss-reactive ketones (excluding diaryl/α,β-unsaturated/α-hetero) is 1. The first-order valence-corrected chi connectivity index (χ1v) is 8.06. The highest BCUT2D eigenvalue weighted by atomic mass is 79.9. The number of carbonyl (C=O) groups is 3. The quantitative estimate of drug-likeness (QED) is 0.601. The number of amides is 1. The van der Waals surface area contributed by atoms with Crippen LogP contribution in [0.15, 0.2) is 53.0 Å². The summed E-state index contributed by atoms with van der Waals surface area (Å²) >= 11 is 3.31. The first kappa shape index (κ1) is 17.9. The summed E-state index contributed by atoms with van der Waals surface area (Å²) in [5.41, 5.74) is 1.40. The molecule has 0 aliphatic carbocycles. The number of rotatable bonds is 6. The van der Waals surface area contributed by atoms with Crippen molar-refractivity contribution in [3.05, 3.63) is 64.1 Å². The SMILES string of the molecule is COC(=O)c1cccc(NC(=O)CCC(=O)c2ccc(Br)cc2)c1. The van der Waals surface area contributed by atoms with Crippen LogP contribution in [-0.2, 0) is 9.53 Å². The molecule has 1 N–H and O–H groups in total. The van der Waals surface area contributed by atoms with E-state index in [1.165, 1.54) is 13.2 Å². The summed E-state index contributed by atoms with van der Waals surface area (Å²) in [6.07, 6.45) is 0.182. The van der Waals surface area contributed by atoms with Crippen molar-refractivity contribution in [2.75, 3.05) is 12.4 Å². The Morgan fingerprint density at radius 2 is 1.71 bits per heavy atom. The standard InChI is InChI=1S/C18H16BrNO4/c1-24-18(23)13-3-2-4-15(11-13)20-17(22)10-9-16(21)12-5-7-14(19)8-6-12/h2-8,11H,9-10H2,1H3,(H,20,22). The first-order chi connectivity index (χ1) is 11.5. The molecule has 0 aliphatic rings. The van der Waals surface area contributed by atoms with Gasteiger partial charge in [0, 0.05) is 28.6 Å². The highest BCUT2D eigenvalue weighted by Gasteiger charge is 2.11. The number of benzene rings is 2. The number of methoxy groups -OCH3 is 1. The van der Waals surface area contributed by atoms with Gasteiger partial charge in [0.15, 0.2) is 5.78 Å². The Bertz CT molecular complexity index is 756. The smallest absolute Gasteiger partial charge is 0.337 e. The molecule has 0 saturated heterocycles. The number of ketones is 1. The predicted octanol–water partition coefficient (Wildman–Crippen LogP) is 3.84. The summed E-state index contributed by atoms with van der Waals surface area (Å²) in [5, 5.41) is 2.67. The lowest BCUT2D eigenvalue weighted by atomic mass is 10.1. The summed E-state index contributed by atoms with van der Waals surface area (Å²) in [6, 6.07) is 13.4. The second-order valence-electron chi connectivity index (χ2n) is 5.05. The second-order valence-corrected chi connectivity index (χ2v) is 5.97. The summed E-state index contributed by atoms with van der Waals surface area (Å²) < 4.78 is 5.52. The molecule has 0 aromatic heterocycles. The van der Waals surface area contributed by atoms with Crippen LogP contribution in [0.2, 0.25) is 0 Å². The zero-order chi connectivity index (χ0) is 17.5. The molecular weight excluding hydrogens is 374 g/mol. The minimum Gasteiger partial charge on any atom is -0.465 e. The molecule has 0 saturated carbocycles. The third-order valence-electron chi connectivity index (χ3n) is 3.31. The molecule has 0 radical (unpaired) electrons. The molecule has 124 valence electrons. The molecule has 0 atom stereocenters. The average molecular weight is 390 g/mol. The molecule has 0 heterocycles. The van der Waals surface area contributed by atoms with Crippen molar-refractivity contribution in [1.82, 2.24) is 0 Å². The summed E-state index contributed by atoms with van der Waals surface area (Å²) in [6.45, 7) is 0. The molecule has 0 spiro atoms. The van der Waals surface area contributed by atoms with E-state index in [2.05, 4.69) is 26.0 Å². The third kappa shape index (κ3) is 5.03. The van der Waals surface area contributed by atoms with Crippen molar-refractivity contribution in [1.29, 1.82) is 0 Å². The maximum absolute atomic E-state index is 12.0. The van der Waals surface area contributed by atoms with Gasteiger partial charge in [0.25, 0.3) is 0 Å². The zero-order valence-electron chi connectivity index (χ0n) is 13.0. The lowest BCUT2D eigenvalue weighted by Gasteiger charge is -2.07. The molecule has 0 aliphatic heterocycles. The molecule has 2 aromatic rings. The van der Waals surface area contributed by atoms with Crippen LogP contribution in [0.3, 0.4) is 0 Å². The Morgan fingerprint density at radius 3 is 2.38 bits per heavy atom. The Labute approximate surface area is 148 Å². The zero-order valence-corrected chi connectivity index (χ0v) is 14.6. The van der Waals surface area contributed by atoms with Crippen molar-refractivity contribution in [2.45, 2.75) is 12.8 Å². The van der Waals surface area contributed by atoms with Gasteiger partial charge < -0.3 is 10.1 Å². The lowest BCUT2D eigenvalue weighted by molar-refractivity contribution is -0.116. The number of carbonyl (C=O) groups excluding carboxylic acids is 3. The fraction of sp³-hybridized carbons (Fsp3) is 0.167. The molecule has 24 heavy (non-hydrogen) atoms. The Kier molecular flexibility index (Phi) is 6.26. The van der Waals surface area contributed by atoms with Crippen molar-refractivity contribution >= 4 is 39.3 Å². The Balaban J connectivity index is 1.90. The van der Waals surface area contributed by atoms with E-state index in [0.717, 1.165) is 4.47 Å². The third-order valence-corrected chi connectivity index (χ3v) is 3.84.